The maximum atomic E-state index is 12.6. The highest BCUT2D eigenvalue weighted by atomic mass is 32.2. The van der Waals surface area contributed by atoms with Gasteiger partial charge in [-0.15, -0.1) is 0 Å². The van der Waals surface area contributed by atoms with Gasteiger partial charge in [-0.25, -0.2) is 8.42 Å². The summed E-state index contributed by atoms with van der Waals surface area (Å²) >= 11 is 0. The van der Waals surface area contributed by atoms with Crippen molar-refractivity contribution in [3.05, 3.63) is 28.7 Å². The summed E-state index contributed by atoms with van der Waals surface area (Å²) < 4.78 is 33.6. The minimum Gasteiger partial charge on any atom is -0.376 e. The maximum absolute atomic E-state index is 12.6. The monoisotopic (exact) mass is 357 g/mol. The second-order valence-corrected chi connectivity index (χ2v) is 7.91. The molecule has 1 saturated heterocycles. The lowest BCUT2D eigenvalue weighted by atomic mass is 10.3. The lowest BCUT2D eigenvalue weighted by Gasteiger charge is -2.31. The van der Waals surface area contributed by atoms with Crippen LogP contribution in [-0.2, 0) is 21.3 Å². The standard InChI is InChI=1S/C16H27N3O4S/c1-4-19(5-2)24(21,22)15-6-7-16(20)18(13-15)9-8-17-10-11-23-14(3)12-17/h6-7,13-14H,4-5,8-12H2,1-3H3. The van der Waals surface area contributed by atoms with Crippen LogP contribution < -0.4 is 5.56 Å². The van der Waals surface area contributed by atoms with E-state index in [4.69, 9.17) is 4.74 Å². The number of hydrogen-bond acceptors (Lipinski definition) is 5. The quantitative estimate of drug-likeness (QED) is 0.715. The van der Waals surface area contributed by atoms with E-state index in [-0.39, 0.29) is 16.6 Å². The summed E-state index contributed by atoms with van der Waals surface area (Å²) in [6.07, 6.45) is 1.64. The van der Waals surface area contributed by atoms with E-state index < -0.39 is 10.0 Å². The maximum Gasteiger partial charge on any atom is 0.250 e. The van der Waals surface area contributed by atoms with Crippen molar-refractivity contribution in [1.29, 1.82) is 0 Å². The summed E-state index contributed by atoms with van der Waals surface area (Å²) in [6.45, 7) is 9.95. The number of sulfonamides is 1. The molecule has 1 aliphatic rings. The molecule has 8 heteroatoms. The molecule has 1 unspecified atom stereocenters. The lowest BCUT2D eigenvalue weighted by molar-refractivity contribution is -0.0192. The number of hydrogen-bond donors (Lipinski definition) is 0. The Morgan fingerprint density at radius 2 is 1.96 bits per heavy atom. The van der Waals surface area contributed by atoms with Gasteiger partial charge in [0.15, 0.2) is 0 Å². The number of aromatic nitrogens is 1. The van der Waals surface area contributed by atoms with E-state index in [0.717, 1.165) is 13.1 Å². The van der Waals surface area contributed by atoms with Crippen LogP contribution in [0.1, 0.15) is 20.8 Å². The third-order valence-electron chi connectivity index (χ3n) is 4.28. The van der Waals surface area contributed by atoms with E-state index in [1.165, 1.54) is 27.2 Å². The van der Waals surface area contributed by atoms with E-state index >= 15 is 0 Å². The first-order valence-electron chi connectivity index (χ1n) is 8.43. The van der Waals surface area contributed by atoms with Gasteiger partial charge in [-0.2, -0.15) is 4.31 Å². The van der Waals surface area contributed by atoms with Gasteiger partial charge in [0.25, 0.3) is 5.56 Å². The third-order valence-corrected chi connectivity index (χ3v) is 6.32. The van der Waals surface area contributed by atoms with Crippen molar-refractivity contribution < 1.29 is 13.2 Å². The van der Waals surface area contributed by atoms with Gasteiger partial charge in [-0.3, -0.25) is 9.69 Å². The van der Waals surface area contributed by atoms with Gasteiger partial charge in [-0.05, 0) is 13.0 Å². The Morgan fingerprint density at radius 1 is 1.25 bits per heavy atom. The van der Waals surface area contributed by atoms with Crippen LogP contribution >= 0.6 is 0 Å². The number of ether oxygens (including phenoxy) is 1. The molecule has 7 nitrogen and oxygen atoms in total. The first-order valence-corrected chi connectivity index (χ1v) is 9.87. The van der Waals surface area contributed by atoms with E-state index in [2.05, 4.69) is 4.90 Å². The van der Waals surface area contributed by atoms with Crippen LogP contribution in [0.15, 0.2) is 28.0 Å². The summed E-state index contributed by atoms with van der Waals surface area (Å²) in [5, 5.41) is 0. The van der Waals surface area contributed by atoms with E-state index in [9.17, 15) is 13.2 Å². The molecule has 0 spiro atoms. The van der Waals surface area contributed by atoms with Gasteiger partial charge in [0.05, 0.1) is 17.6 Å². The average molecular weight is 357 g/mol. The first kappa shape index (κ1) is 19.1. The van der Waals surface area contributed by atoms with Gasteiger partial charge in [-0.1, -0.05) is 13.8 Å². The highest BCUT2D eigenvalue weighted by Gasteiger charge is 2.22. The lowest BCUT2D eigenvalue weighted by Crippen LogP contribution is -2.43. The van der Waals surface area contributed by atoms with Crippen molar-refractivity contribution in [2.75, 3.05) is 39.3 Å². The Kier molecular flexibility index (Phi) is 6.56. The van der Waals surface area contributed by atoms with Crippen molar-refractivity contribution in [3.8, 4) is 0 Å². The Morgan fingerprint density at radius 3 is 2.58 bits per heavy atom. The van der Waals surface area contributed by atoms with Crippen molar-refractivity contribution in [2.45, 2.75) is 38.3 Å². The largest absolute Gasteiger partial charge is 0.376 e. The number of pyridine rings is 1. The Bertz CT molecular complexity index is 698. The Labute approximate surface area is 143 Å². The fourth-order valence-corrected chi connectivity index (χ4v) is 4.37. The summed E-state index contributed by atoms with van der Waals surface area (Å²) in [5.41, 5.74) is -0.185. The molecule has 2 rings (SSSR count). The molecule has 1 aromatic rings. The average Bonchev–Trinajstić information content (AvgIpc) is 2.55. The summed E-state index contributed by atoms with van der Waals surface area (Å²) in [7, 11) is -3.55. The highest BCUT2D eigenvalue weighted by molar-refractivity contribution is 7.89. The molecule has 1 aromatic heterocycles. The number of morpholine rings is 1. The van der Waals surface area contributed by atoms with Crippen molar-refractivity contribution in [1.82, 2.24) is 13.8 Å². The van der Waals surface area contributed by atoms with Crippen LogP contribution in [0, 0.1) is 0 Å². The molecule has 136 valence electrons. The molecule has 1 atom stereocenters. The van der Waals surface area contributed by atoms with Crippen molar-refractivity contribution in [2.24, 2.45) is 0 Å². The van der Waals surface area contributed by atoms with Gasteiger partial charge in [0.1, 0.15) is 0 Å². The number of nitrogens with zero attached hydrogens (tertiary/aromatic N) is 3. The topological polar surface area (TPSA) is 71.9 Å². The molecule has 0 amide bonds. The molecular weight excluding hydrogens is 330 g/mol. The van der Waals surface area contributed by atoms with Gasteiger partial charge in [0.2, 0.25) is 10.0 Å². The molecule has 0 aliphatic carbocycles. The molecule has 0 saturated carbocycles. The molecule has 1 fully saturated rings. The van der Waals surface area contributed by atoms with E-state index in [0.29, 0.717) is 32.8 Å². The zero-order valence-electron chi connectivity index (χ0n) is 14.6. The van der Waals surface area contributed by atoms with Gasteiger partial charge in [0, 0.05) is 51.5 Å². The zero-order valence-corrected chi connectivity index (χ0v) is 15.5. The van der Waals surface area contributed by atoms with Crippen LogP contribution in [0.3, 0.4) is 0 Å². The first-order chi connectivity index (χ1) is 11.4. The van der Waals surface area contributed by atoms with Crippen LogP contribution in [0.5, 0.6) is 0 Å². The summed E-state index contributed by atoms with van der Waals surface area (Å²) in [6, 6.07) is 2.72. The van der Waals surface area contributed by atoms with E-state index in [1.54, 1.807) is 13.8 Å². The van der Waals surface area contributed by atoms with Crippen LogP contribution in [0.2, 0.25) is 0 Å². The predicted molar refractivity (Wildman–Crippen MR) is 92.7 cm³/mol. The Balaban J connectivity index is 2.15. The van der Waals surface area contributed by atoms with E-state index in [1.807, 2.05) is 6.92 Å². The number of rotatable bonds is 7. The van der Waals surface area contributed by atoms with Crippen LogP contribution in [0.4, 0.5) is 0 Å². The van der Waals surface area contributed by atoms with Gasteiger partial charge >= 0.3 is 0 Å². The predicted octanol–water partition coefficient (Wildman–Crippen LogP) is 0.600. The van der Waals surface area contributed by atoms with Crippen LogP contribution in [-0.4, -0.2) is 67.6 Å². The smallest absolute Gasteiger partial charge is 0.250 e. The summed E-state index contributed by atoms with van der Waals surface area (Å²) in [4.78, 5) is 14.5. The molecule has 2 heterocycles. The zero-order chi connectivity index (χ0) is 17.7. The molecule has 1 aliphatic heterocycles. The molecule has 0 radical (unpaired) electrons. The molecule has 24 heavy (non-hydrogen) atoms. The van der Waals surface area contributed by atoms with Crippen molar-refractivity contribution >= 4 is 10.0 Å². The minimum absolute atomic E-state index is 0.168. The second-order valence-electron chi connectivity index (χ2n) is 5.97. The minimum atomic E-state index is -3.55. The van der Waals surface area contributed by atoms with Crippen LogP contribution in [0.25, 0.3) is 0 Å². The molecule has 0 bridgehead atoms. The molecule has 0 aromatic carbocycles. The van der Waals surface area contributed by atoms with Crippen molar-refractivity contribution in [3.63, 3.8) is 0 Å². The van der Waals surface area contributed by atoms with Gasteiger partial charge < -0.3 is 9.30 Å². The SMILES string of the molecule is CCN(CC)S(=O)(=O)c1ccc(=O)n(CCN2CCOC(C)C2)c1. The Hall–Kier alpha value is -1.22. The highest BCUT2D eigenvalue weighted by Crippen LogP contribution is 2.13. The molecular formula is C16H27N3O4S. The fourth-order valence-electron chi connectivity index (χ4n) is 2.89. The summed E-state index contributed by atoms with van der Waals surface area (Å²) in [5.74, 6) is 0. The second kappa shape index (κ2) is 8.24. The molecule has 0 N–H and O–H groups in total. The third kappa shape index (κ3) is 4.44. The fraction of sp³-hybridized carbons (Fsp3) is 0.688. The normalized spacial score (nSPS) is 19.8.